The van der Waals surface area contributed by atoms with E-state index in [1.54, 1.807) is 0 Å². The van der Waals surface area contributed by atoms with Crippen molar-refractivity contribution in [1.82, 2.24) is 25.1 Å². The molecular weight excluding hydrogens is 309 g/mol. The highest BCUT2D eigenvalue weighted by Crippen LogP contribution is 2.31. The summed E-state index contributed by atoms with van der Waals surface area (Å²) in [5, 5.41) is 8.46. The number of rotatable bonds is 3. The maximum atomic E-state index is 5.65. The summed E-state index contributed by atoms with van der Waals surface area (Å²) in [6.45, 7) is 0. The van der Waals surface area contributed by atoms with Crippen molar-refractivity contribution in [2.75, 3.05) is 6.26 Å². The molecule has 0 fully saturated rings. The molecule has 10 heteroatoms. The number of hydrogen-bond acceptors (Lipinski definition) is 8. The van der Waals surface area contributed by atoms with Crippen molar-refractivity contribution in [2.24, 2.45) is 0 Å². The highest BCUT2D eigenvalue weighted by Gasteiger charge is 2.09. The molecule has 5 nitrogen and oxygen atoms in total. The van der Waals surface area contributed by atoms with Crippen molar-refractivity contribution >= 4 is 58.1 Å². The second-order valence-corrected chi connectivity index (χ2v) is 6.22. The van der Waals surface area contributed by atoms with Crippen LogP contribution in [0, 0.1) is 0 Å². The highest BCUT2D eigenvalue weighted by atomic mass is 35.5. The maximum Gasteiger partial charge on any atom is 0.227 e. The Kier molecular flexibility index (Phi) is 4.20. The normalized spacial score (nSPS) is 10.7. The predicted molar refractivity (Wildman–Crippen MR) is 65.7 cm³/mol. The van der Waals surface area contributed by atoms with Crippen LogP contribution >= 0.6 is 58.1 Å². The lowest BCUT2D eigenvalue weighted by atomic mass is 11.1. The van der Waals surface area contributed by atoms with E-state index in [-0.39, 0.29) is 10.6 Å². The van der Waals surface area contributed by atoms with Gasteiger partial charge in [-0.25, -0.2) is 0 Å². The van der Waals surface area contributed by atoms with Gasteiger partial charge in [-0.15, -0.1) is 10.2 Å². The first kappa shape index (κ1) is 12.3. The zero-order chi connectivity index (χ0) is 11.5. The number of hydrogen-bond donors (Lipinski definition) is 0. The van der Waals surface area contributed by atoms with E-state index in [4.69, 9.17) is 23.2 Å². The van der Waals surface area contributed by atoms with E-state index in [1.165, 1.54) is 34.9 Å². The van der Waals surface area contributed by atoms with Gasteiger partial charge >= 0.3 is 0 Å². The molecule has 0 N–H and O–H groups in total. The molecule has 2 aromatic heterocycles. The van der Waals surface area contributed by atoms with Crippen LogP contribution in [0.5, 0.6) is 0 Å². The van der Waals surface area contributed by atoms with Crippen molar-refractivity contribution in [2.45, 2.75) is 13.8 Å². The van der Waals surface area contributed by atoms with Gasteiger partial charge in [0.15, 0.2) is 13.8 Å². The van der Waals surface area contributed by atoms with Gasteiger partial charge in [0, 0.05) is 0 Å². The van der Waals surface area contributed by atoms with Gasteiger partial charge in [-0.1, -0.05) is 23.1 Å². The van der Waals surface area contributed by atoms with E-state index in [2.05, 4.69) is 25.1 Å². The molecule has 0 bridgehead atoms. The zero-order valence-corrected chi connectivity index (χ0v) is 11.7. The van der Waals surface area contributed by atoms with E-state index in [0.29, 0.717) is 5.16 Å². The third-order valence-corrected chi connectivity index (χ3v) is 4.45. The van der Waals surface area contributed by atoms with Crippen molar-refractivity contribution in [1.29, 1.82) is 0 Å². The van der Waals surface area contributed by atoms with Crippen LogP contribution in [0.1, 0.15) is 0 Å². The van der Waals surface area contributed by atoms with Crippen LogP contribution < -0.4 is 0 Å². The maximum absolute atomic E-state index is 5.65. The van der Waals surface area contributed by atoms with E-state index in [1.807, 2.05) is 6.26 Å². The molecule has 84 valence electrons. The average Bonchev–Trinajstić information content (AvgIpc) is 2.64. The summed E-state index contributed by atoms with van der Waals surface area (Å²) in [4.78, 5) is 11.5. The van der Waals surface area contributed by atoms with Crippen molar-refractivity contribution in [3.05, 3.63) is 10.6 Å². The Balaban J connectivity index is 2.19. The average molecular weight is 312 g/mol. The van der Waals surface area contributed by atoms with Gasteiger partial charge in [0.05, 0.1) is 0 Å². The first-order valence-electron chi connectivity index (χ1n) is 3.80. The van der Waals surface area contributed by atoms with Crippen molar-refractivity contribution < 1.29 is 0 Å². The lowest BCUT2D eigenvalue weighted by Gasteiger charge is -1.95. The molecule has 0 saturated carbocycles. The predicted octanol–water partition coefficient (Wildman–Crippen LogP) is 2.90. The molecule has 0 aromatic carbocycles. The second kappa shape index (κ2) is 5.46. The van der Waals surface area contributed by atoms with E-state index < -0.39 is 0 Å². The van der Waals surface area contributed by atoms with E-state index in [0.717, 1.165) is 8.68 Å². The molecule has 2 rings (SSSR count). The summed E-state index contributed by atoms with van der Waals surface area (Å²) in [5.74, 6) is 0. The van der Waals surface area contributed by atoms with E-state index >= 15 is 0 Å². The van der Waals surface area contributed by atoms with Crippen molar-refractivity contribution in [3.8, 4) is 0 Å². The fourth-order valence-electron chi connectivity index (χ4n) is 0.754. The standard InChI is InChI=1S/C6H3Cl2N5S3/c1-14-5-12-13-6(16-5)15-4-10-2(7)9-3(8)11-4/h1H3. The second-order valence-electron chi connectivity index (χ2n) is 2.30. The molecule has 2 heterocycles. The van der Waals surface area contributed by atoms with Crippen molar-refractivity contribution in [3.63, 3.8) is 0 Å². The SMILES string of the molecule is CSc1nnc(Sc2nc(Cl)nc(Cl)n2)s1. The van der Waals surface area contributed by atoms with Crippen LogP contribution in [0.3, 0.4) is 0 Å². The van der Waals surface area contributed by atoms with Crippen LogP contribution in [0.25, 0.3) is 0 Å². The lowest BCUT2D eigenvalue weighted by molar-refractivity contribution is 0.896. The minimum atomic E-state index is 0.0668. The Morgan fingerprint density at radius 2 is 1.62 bits per heavy atom. The largest absolute Gasteiger partial charge is 0.227 e. The highest BCUT2D eigenvalue weighted by molar-refractivity contribution is 8.02. The van der Waals surface area contributed by atoms with E-state index in [9.17, 15) is 0 Å². The Bertz CT molecular complexity index is 484. The summed E-state index contributed by atoms with van der Waals surface area (Å²) in [7, 11) is 0. The Hall–Kier alpha value is -0.150. The molecule has 0 unspecified atom stereocenters. The van der Waals surface area contributed by atoms with Gasteiger partial charge in [0.1, 0.15) is 0 Å². The summed E-state index contributed by atoms with van der Waals surface area (Å²) >= 11 is 15.5. The molecule has 0 radical (unpaired) electrons. The molecule has 0 amide bonds. The van der Waals surface area contributed by atoms with Gasteiger partial charge in [-0.3, -0.25) is 0 Å². The number of thioether (sulfide) groups is 1. The molecular formula is C6H3Cl2N5S3. The first-order valence-corrected chi connectivity index (χ1v) is 7.41. The number of nitrogens with zero attached hydrogens (tertiary/aromatic N) is 5. The zero-order valence-electron chi connectivity index (χ0n) is 7.72. The molecule has 2 aromatic rings. The lowest BCUT2D eigenvalue weighted by Crippen LogP contribution is -1.91. The minimum Gasteiger partial charge on any atom is -0.191 e. The van der Waals surface area contributed by atoms with Crippen LogP contribution in [-0.4, -0.2) is 31.4 Å². The molecule has 0 aliphatic rings. The topological polar surface area (TPSA) is 64.5 Å². The van der Waals surface area contributed by atoms with Gasteiger partial charge in [0.2, 0.25) is 10.6 Å². The quantitative estimate of drug-likeness (QED) is 0.807. The molecule has 0 aliphatic heterocycles. The molecule has 0 spiro atoms. The summed E-state index contributed by atoms with van der Waals surface area (Å²) in [6, 6.07) is 0. The Labute approximate surface area is 113 Å². The number of halogens is 2. The summed E-state index contributed by atoms with van der Waals surface area (Å²) < 4.78 is 1.62. The minimum absolute atomic E-state index is 0.0668. The Morgan fingerprint density at radius 3 is 2.19 bits per heavy atom. The van der Waals surface area contributed by atoms with Gasteiger partial charge < -0.3 is 0 Å². The monoisotopic (exact) mass is 311 g/mol. The molecule has 0 saturated heterocycles. The van der Waals surface area contributed by atoms with Gasteiger partial charge in [-0.2, -0.15) is 15.0 Å². The van der Waals surface area contributed by atoms with Gasteiger partial charge in [-0.05, 0) is 41.2 Å². The van der Waals surface area contributed by atoms with Crippen LogP contribution in [0.4, 0.5) is 0 Å². The Morgan fingerprint density at radius 1 is 1.00 bits per heavy atom. The molecule has 0 aliphatic carbocycles. The molecule has 16 heavy (non-hydrogen) atoms. The molecule has 0 atom stereocenters. The summed E-state index contributed by atoms with van der Waals surface area (Å²) in [5.41, 5.74) is 0. The third kappa shape index (κ3) is 3.17. The van der Waals surface area contributed by atoms with Gasteiger partial charge in [0.25, 0.3) is 0 Å². The summed E-state index contributed by atoms with van der Waals surface area (Å²) in [6.07, 6.45) is 1.94. The first-order chi connectivity index (χ1) is 7.67. The van der Waals surface area contributed by atoms with Crippen LogP contribution in [0.15, 0.2) is 13.8 Å². The van der Waals surface area contributed by atoms with Crippen LogP contribution in [-0.2, 0) is 0 Å². The third-order valence-electron chi connectivity index (χ3n) is 1.30. The number of aromatic nitrogens is 5. The fraction of sp³-hybridized carbons (Fsp3) is 0.167. The van der Waals surface area contributed by atoms with Crippen LogP contribution in [0.2, 0.25) is 10.6 Å². The smallest absolute Gasteiger partial charge is 0.191 e. The fourth-order valence-corrected chi connectivity index (χ4v) is 3.51.